The van der Waals surface area contributed by atoms with Crippen LogP contribution >= 0.6 is 0 Å². The lowest BCUT2D eigenvalue weighted by Crippen LogP contribution is -2.31. The van der Waals surface area contributed by atoms with Gasteiger partial charge in [-0.3, -0.25) is 14.4 Å². The lowest BCUT2D eigenvalue weighted by molar-refractivity contribution is 0.0948. The van der Waals surface area contributed by atoms with E-state index in [-0.39, 0.29) is 5.91 Å². The van der Waals surface area contributed by atoms with E-state index in [0.717, 1.165) is 42.8 Å². The summed E-state index contributed by atoms with van der Waals surface area (Å²) in [6, 6.07) is 12.4. The summed E-state index contributed by atoms with van der Waals surface area (Å²) in [5, 5.41) is 8.16. The number of hydrogen-bond acceptors (Lipinski definition) is 4. The molecule has 1 fully saturated rings. The largest absolute Gasteiger partial charge is 0.352 e. The number of carbonyl (C=O) groups excluding carboxylic acids is 1. The number of nitrogens with one attached hydrogen (secondary N) is 1. The fourth-order valence-electron chi connectivity index (χ4n) is 3.82. The first-order chi connectivity index (χ1) is 13.1. The van der Waals surface area contributed by atoms with Crippen LogP contribution in [0.1, 0.15) is 28.0 Å². The average Bonchev–Trinajstić information content (AvgIpc) is 3.27. The smallest absolute Gasteiger partial charge is 0.252 e. The van der Waals surface area contributed by atoms with Crippen molar-refractivity contribution in [3.05, 3.63) is 59.4 Å². The molecule has 0 saturated carbocycles. The van der Waals surface area contributed by atoms with Gasteiger partial charge < -0.3 is 5.32 Å². The van der Waals surface area contributed by atoms with Gasteiger partial charge in [-0.25, -0.2) is 4.98 Å². The number of benzene rings is 1. The van der Waals surface area contributed by atoms with Gasteiger partial charge in [-0.2, -0.15) is 5.10 Å². The second-order valence-electron chi connectivity index (χ2n) is 7.40. The monoisotopic (exact) mass is 363 g/mol. The van der Waals surface area contributed by atoms with E-state index >= 15 is 0 Å². The summed E-state index contributed by atoms with van der Waals surface area (Å²) in [6.07, 6.45) is 2.83. The van der Waals surface area contributed by atoms with E-state index in [2.05, 4.69) is 44.6 Å². The Morgan fingerprint density at radius 1 is 1.30 bits per heavy atom. The van der Waals surface area contributed by atoms with Crippen LogP contribution in [0.25, 0.3) is 11.0 Å². The number of carbonyl (C=O) groups is 1. The zero-order valence-corrected chi connectivity index (χ0v) is 15.9. The van der Waals surface area contributed by atoms with Gasteiger partial charge in [-0.15, -0.1) is 0 Å². The predicted octanol–water partition coefficient (Wildman–Crippen LogP) is 2.53. The Labute approximate surface area is 159 Å². The first-order valence-electron chi connectivity index (χ1n) is 9.44. The second-order valence-corrected chi connectivity index (χ2v) is 7.40. The van der Waals surface area contributed by atoms with Crippen molar-refractivity contribution in [2.75, 3.05) is 19.6 Å². The van der Waals surface area contributed by atoms with Crippen molar-refractivity contribution in [3.8, 4) is 0 Å². The second kappa shape index (κ2) is 7.48. The van der Waals surface area contributed by atoms with Gasteiger partial charge in [0.05, 0.1) is 17.1 Å². The molecule has 1 aliphatic rings. The molecule has 1 aliphatic heterocycles. The highest BCUT2D eigenvalue weighted by Gasteiger charge is 2.23. The summed E-state index contributed by atoms with van der Waals surface area (Å²) >= 11 is 0. The molecule has 140 valence electrons. The Balaban J connectivity index is 1.36. The molecular formula is C21H25N5O. The molecule has 4 rings (SSSR count). The zero-order chi connectivity index (χ0) is 18.8. The summed E-state index contributed by atoms with van der Waals surface area (Å²) < 4.78 is 1.71. The van der Waals surface area contributed by atoms with Crippen LogP contribution in [0.5, 0.6) is 0 Å². The molecule has 2 aromatic heterocycles. The van der Waals surface area contributed by atoms with Gasteiger partial charge in [0.2, 0.25) is 0 Å². The normalized spacial score (nSPS) is 17.5. The Morgan fingerprint density at radius 3 is 2.93 bits per heavy atom. The van der Waals surface area contributed by atoms with E-state index < -0.39 is 0 Å². The van der Waals surface area contributed by atoms with Crippen molar-refractivity contribution in [2.24, 2.45) is 13.0 Å². The molecule has 1 aromatic carbocycles. The molecular weight excluding hydrogens is 338 g/mol. The van der Waals surface area contributed by atoms with Gasteiger partial charge >= 0.3 is 0 Å². The molecule has 0 radical (unpaired) electrons. The minimum absolute atomic E-state index is 0.0417. The van der Waals surface area contributed by atoms with Crippen molar-refractivity contribution >= 4 is 16.9 Å². The third-order valence-electron chi connectivity index (χ3n) is 5.25. The van der Waals surface area contributed by atoms with Gasteiger partial charge in [0.1, 0.15) is 0 Å². The molecule has 1 amide bonds. The summed E-state index contributed by atoms with van der Waals surface area (Å²) in [5.74, 6) is 0.449. The first kappa shape index (κ1) is 17.7. The highest BCUT2D eigenvalue weighted by atomic mass is 16.1. The predicted molar refractivity (Wildman–Crippen MR) is 105 cm³/mol. The highest BCUT2D eigenvalue weighted by Crippen LogP contribution is 2.20. The number of aryl methyl sites for hydroxylation is 2. The lowest BCUT2D eigenvalue weighted by Gasteiger charge is -2.16. The molecule has 1 N–H and O–H groups in total. The SMILES string of the molecule is Cc1cc(C(=O)NC[C@H]2CCN(Cc3ccccc3)C2)c2cnn(C)c2n1. The van der Waals surface area contributed by atoms with Crippen LogP contribution < -0.4 is 5.32 Å². The standard InChI is InChI=1S/C21H25N5O/c1-15-10-18(19-12-23-25(2)20(19)24-15)21(27)22-11-17-8-9-26(14-17)13-16-6-4-3-5-7-16/h3-7,10,12,17H,8-9,11,13-14H2,1-2H3,(H,22,27)/t17-/m1/s1. The van der Waals surface area contributed by atoms with Crippen molar-refractivity contribution in [1.29, 1.82) is 0 Å². The van der Waals surface area contributed by atoms with Crippen LogP contribution in [0.15, 0.2) is 42.6 Å². The van der Waals surface area contributed by atoms with Gasteiger partial charge in [-0.1, -0.05) is 30.3 Å². The number of hydrogen-bond donors (Lipinski definition) is 1. The Bertz CT molecular complexity index is 950. The van der Waals surface area contributed by atoms with Crippen LogP contribution in [0.4, 0.5) is 0 Å². The van der Waals surface area contributed by atoms with Crippen LogP contribution in [0.3, 0.4) is 0 Å². The number of pyridine rings is 1. The molecule has 0 spiro atoms. The van der Waals surface area contributed by atoms with Crippen LogP contribution in [-0.4, -0.2) is 45.2 Å². The lowest BCUT2D eigenvalue weighted by atomic mass is 10.1. The van der Waals surface area contributed by atoms with Crippen molar-refractivity contribution < 1.29 is 4.79 Å². The van der Waals surface area contributed by atoms with Crippen LogP contribution in [0, 0.1) is 12.8 Å². The number of fused-ring (bicyclic) bond motifs is 1. The summed E-state index contributed by atoms with van der Waals surface area (Å²) in [5.41, 5.74) is 3.57. The Morgan fingerprint density at radius 2 is 2.11 bits per heavy atom. The Kier molecular flexibility index (Phi) is 4.90. The molecule has 6 nitrogen and oxygen atoms in total. The van der Waals surface area contributed by atoms with E-state index in [1.165, 1.54) is 5.56 Å². The third kappa shape index (κ3) is 3.85. The van der Waals surface area contributed by atoms with E-state index in [1.54, 1.807) is 10.9 Å². The van der Waals surface area contributed by atoms with Crippen molar-refractivity contribution in [2.45, 2.75) is 19.9 Å². The van der Waals surface area contributed by atoms with Gasteiger partial charge in [-0.05, 0) is 37.4 Å². The minimum atomic E-state index is -0.0417. The fourth-order valence-corrected chi connectivity index (χ4v) is 3.82. The molecule has 3 heterocycles. The molecule has 1 atom stereocenters. The fraction of sp³-hybridized carbons (Fsp3) is 0.381. The molecule has 3 aromatic rings. The van der Waals surface area contributed by atoms with Gasteiger partial charge in [0.15, 0.2) is 5.65 Å². The molecule has 0 unspecified atom stereocenters. The van der Waals surface area contributed by atoms with Crippen molar-refractivity contribution in [3.63, 3.8) is 0 Å². The van der Waals surface area contributed by atoms with E-state index in [4.69, 9.17) is 0 Å². The van der Waals surface area contributed by atoms with Crippen molar-refractivity contribution in [1.82, 2.24) is 25.0 Å². The minimum Gasteiger partial charge on any atom is -0.352 e. The number of rotatable bonds is 5. The number of likely N-dealkylation sites (tertiary alicyclic amines) is 1. The molecule has 6 heteroatoms. The molecule has 0 aliphatic carbocycles. The Hall–Kier alpha value is -2.73. The van der Waals surface area contributed by atoms with E-state index in [0.29, 0.717) is 18.0 Å². The summed E-state index contributed by atoms with van der Waals surface area (Å²) in [6.45, 7) is 5.68. The maximum absolute atomic E-state index is 12.8. The number of nitrogens with zero attached hydrogens (tertiary/aromatic N) is 4. The summed E-state index contributed by atoms with van der Waals surface area (Å²) in [4.78, 5) is 19.7. The van der Waals surface area contributed by atoms with Gasteiger partial charge in [0, 0.05) is 32.4 Å². The average molecular weight is 363 g/mol. The highest BCUT2D eigenvalue weighted by molar-refractivity contribution is 6.05. The van der Waals surface area contributed by atoms with Gasteiger partial charge in [0.25, 0.3) is 5.91 Å². The molecule has 0 bridgehead atoms. The van der Waals surface area contributed by atoms with Crippen LogP contribution in [0.2, 0.25) is 0 Å². The quantitative estimate of drug-likeness (QED) is 0.757. The molecule has 1 saturated heterocycles. The maximum Gasteiger partial charge on any atom is 0.252 e. The van der Waals surface area contributed by atoms with Crippen LogP contribution in [-0.2, 0) is 13.6 Å². The van der Waals surface area contributed by atoms with E-state index in [9.17, 15) is 4.79 Å². The third-order valence-corrected chi connectivity index (χ3v) is 5.25. The topological polar surface area (TPSA) is 63.1 Å². The van der Waals surface area contributed by atoms with E-state index in [1.807, 2.05) is 26.1 Å². The zero-order valence-electron chi connectivity index (χ0n) is 15.9. The number of aromatic nitrogens is 3. The summed E-state index contributed by atoms with van der Waals surface area (Å²) in [7, 11) is 1.84. The molecule has 27 heavy (non-hydrogen) atoms. The first-order valence-corrected chi connectivity index (χ1v) is 9.44. The maximum atomic E-state index is 12.8. The number of amides is 1.